The molecule has 0 aliphatic carbocycles. The fraction of sp³-hybridized carbons (Fsp3) is 1.00. The van der Waals surface area contributed by atoms with E-state index in [1.807, 2.05) is 11.8 Å². The molecule has 0 bridgehead atoms. The van der Waals surface area contributed by atoms with Gasteiger partial charge in [-0.15, -0.1) is 0 Å². The molecule has 2 heteroatoms. The van der Waals surface area contributed by atoms with Gasteiger partial charge in [-0.3, -0.25) is 0 Å². The lowest BCUT2D eigenvalue weighted by Gasteiger charge is -2.15. The van der Waals surface area contributed by atoms with Crippen LogP contribution in [0.1, 0.15) is 52.9 Å². The SMILES string of the molecule is CCCCC(CC)CSCC(N)CC. The van der Waals surface area contributed by atoms with Gasteiger partial charge in [-0.1, -0.05) is 40.0 Å². The van der Waals surface area contributed by atoms with Crippen LogP contribution in [0.3, 0.4) is 0 Å². The van der Waals surface area contributed by atoms with Gasteiger partial charge in [-0.25, -0.2) is 0 Å². The van der Waals surface area contributed by atoms with Crippen LogP contribution in [-0.4, -0.2) is 17.5 Å². The number of hydrogen-bond donors (Lipinski definition) is 1. The molecule has 0 amide bonds. The van der Waals surface area contributed by atoms with E-state index in [4.69, 9.17) is 5.73 Å². The number of rotatable bonds is 9. The van der Waals surface area contributed by atoms with Crippen LogP contribution < -0.4 is 5.73 Å². The third-order valence-electron chi connectivity index (χ3n) is 2.75. The summed E-state index contributed by atoms with van der Waals surface area (Å²) >= 11 is 2.04. The predicted octanol–water partition coefficient (Wildman–Crippen LogP) is 3.67. The summed E-state index contributed by atoms with van der Waals surface area (Å²) in [5.74, 6) is 3.37. The van der Waals surface area contributed by atoms with Gasteiger partial charge in [0.25, 0.3) is 0 Å². The Balaban J connectivity index is 3.42. The van der Waals surface area contributed by atoms with Crippen molar-refractivity contribution in [3.8, 4) is 0 Å². The summed E-state index contributed by atoms with van der Waals surface area (Å²) in [6.45, 7) is 6.74. The van der Waals surface area contributed by atoms with E-state index in [0.29, 0.717) is 6.04 Å². The molecule has 0 rings (SSSR count). The van der Waals surface area contributed by atoms with Crippen molar-refractivity contribution >= 4 is 11.8 Å². The average molecular weight is 217 g/mol. The summed E-state index contributed by atoms with van der Waals surface area (Å²) in [5.41, 5.74) is 5.88. The van der Waals surface area contributed by atoms with E-state index >= 15 is 0 Å². The van der Waals surface area contributed by atoms with Crippen LogP contribution >= 0.6 is 11.8 Å². The van der Waals surface area contributed by atoms with E-state index in [2.05, 4.69) is 20.8 Å². The third-order valence-corrected chi connectivity index (χ3v) is 4.12. The van der Waals surface area contributed by atoms with Crippen molar-refractivity contribution in [3.63, 3.8) is 0 Å². The minimum atomic E-state index is 0.406. The Morgan fingerprint density at radius 1 is 1.07 bits per heavy atom. The van der Waals surface area contributed by atoms with Crippen LogP contribution in [0.15, 0.2) is 0 Å². The fourth-order valence-electron chi connectivity index (χ4n) is 1.40. The van der Waals surface area contributed by atoms with Gasteiger partial charge in [0.05, 0.1) is 0 Å². The quantitative estimate of drug-likeness (QED) is 0.637. The van der Waals surface area contributed by atoms with Crippen molar-refractivity contribution in [1.82, 2.24) is 0 Å². The summed E-state index contributed by atoms with van der Waals surface area (Å²) in [6, 6.07) is 0.406. The van der Waals surface area contributed by atoms with E-state index in [-0.39, 0.29) is 0 Å². The molecule has 1 nitrogen and oxygen atoms in total. The van der Waals surface area contributed by atoms with Crippen LogP contribution in [0, 0.1) is 5.92 Å². The van der Waals surface area contributed by atoms with Crippen molar-refractivity contribution in [3.05, 3.63) is 0 Å². The summed E-state index contributed by atoms with van der Waals surface area (Å²) < 4.78 is 0. The third kappa shape index (κ3) is 7.69. The molecule has 0 heterocycles. The van der Waals surface area contributed by atoms with Crippen LogP contribution in [0.25, 0.3) is 0 Å². The van der Waals surface area contributed by atoms with E-state index in [1.165, 1.54) is 31.4 Å². The van der Waals surface area contributed by atoms with Gasteiger partial charge < -0.3 is 5.73 Å². The molecule has 0 aliphatic heterocycles. The fourth-order valence-corrected chi connectivity index (χ4v) is 2.81. The first-order valence-corrected chi connectivity index (χ1v) is 7.23. The second kappa shape index (κ2) is 9.85. The molecule has 86 valence electrons. The molecule has 0 saturated heterocycles. The molecule has 2 unspecified atom stereocenters. The summed E-state index contributed by atoms with van der Waals surface area (Å²) in [4.78, 5) is 0. The van der Waals surface area contributed by atoms with Gasteiger partial charge in [0.2, 0.25) is 0 Å². The molecule has 0 spiro atoms. The highest BCUT2D eigenvalue weighted by molar-refractivity contribution is 7.99. The Labute approximate surface area is 94.2 Å². The number of thioether (sulfide) groups is 1. The Morgan fingerprint density at radius 3 is 2.29 bits per heavy atom. The Bertz CT molecular complexity index is 117. The smallest absolute Gasteiger partial charge is 0.0127 e. The zero-order valence-corrected chi connectivity index (χ0v) is 10.9. The van der Waals surface area contributed by atoms with Gasteiger partial charge in [0.15, 0.2) is 0 Å². The van der Waals surface area contributed by atoms with Crippen molar-refractivity contribution in [1.29, 1.82) is 0 Å². The van der Waals surface area contributed by atoms with E-state index in [1.54, 1.807) is 0 Å². The highest BCUT2D eigenvalue weighted by Gasteiger charge is 2.07. The molecular weight excluding hydrogens is 190 g/mol. The normalized spacial score (nSPS) is 15.4. The lowest BCUT2D eigenvalue weighted by atomic mass is 10.0. The molecule has 0 aromatic carbocycles. The van der Waals surface area contributed by atoms with Gasteiger partial charge >= 0.3 is 0 Å². The zero-order valence-electron chi connectivity index (χ0n) is 10.1. The molecule has 2 N–H and O–H groups in total. The van der Waals surface area contributed by atoms with Gasteiger partial charge in [0, 0.05) is 11.8 Å². The van der Waals surface area contributed by atoms with Gasteiger partial charge in [-0.2, -0.15) is 11.8 Å². The monoisotopic (exact) mass is 217 g/mol. The van der Waals surface area contributed by atoms with Gasteiger partial charge in [-0.05, 0) is 24.5 Å². The first-order valence-electron chi connectivity index (χ1n) is 6.07. The molecular formula is C12H27NS. The maximum absolute atomic E-state index is 5.88. The van der Waals surface area contributed by atoms with Crippen molar-refractivity contribution in [2.45, 2.75) is 58.9 Å². The molecule has 2 atom stereocenters. The highest BCUT2D eigenvalue weighted by Crippen LogP contribution is 2.18. The van der Waals surface area contributed by atoms with Crippen LogP contribution in [-0.2, 0) is 0 Å². The van der Waals surface area contributed by atoms with E-state index < -0.39 is 0 Å². The minimum Gasteiger partial charge on any atom is -0.327 e. The molecule has 0 saturated carbocycles. The number of unbranched alkanes of at least 4 members (excludes halogenated alkanes) is 1. The average Bonchev–Trinajstić information content (AvgIpc) is 2.22. The second-order valence-electron chi connectivity index (χ2n) is 4.12. The molecule has 0 aromatic rings. The van der Waals surface area contributed by atoms with Crippen LogP contribution in [0.5, 0.6) is 0 Å². The predicted molar refractivity (Wildman–Crippen MR) is 68.9 cm³/mol. The molecule has 0 aliphatic rings. The molecule has 0 fully saturated rings. The lowest BCUT2D eigenvalue weighted by molar-refractivity contribution is 0.499. The minimum absolute atomic E-state index is 0.406. The van der Waals surface area contributed by atoms with E-state index in [0.717, 1.165) is 18.1 Å². The highest BCUT2D eigenvalue weighted by atomic mass is 32.2. The maximum atomic E-state index is 5.88. The summed E-state index contributed by atoms with van der Waals surface area (Å²) in [6.07, 6.45) is 6.56. The number of hydrogen-bond acceptors (Lipinski definition) is 2. The van der Waals surface area contributed by atoms with Crippen molar-refractivity contribution < 1.29 is 0 Å². The van der Waals surface area contributed by atoms with E-state index in [9.17, 15) is 0 Å². The number of nitrogens with two attached hydrogens (primary N) is 1. The molecule has 0 aromatic heterocycles. The second-order valence-corrected chi connectivity index (χ2v) is 5.20. The largest absolute Gasteiger partial charge is 0.327 e. The first-order chi connectivity index (χ1) is 6.74. The van der Waals surface area contributed by atoms with Crippen molar-refractivity contribution in [2.24, 2.45) is 11.7 Å². The molecule has 0 radical (unpaired) electrons. The lowest BCUT2D eigenvalue weighted by Crippen LogP contribution is -2.22. The van der Waals surface area contributed by atoms with Crippen LogP contribution in [0.4, 0.5) is 0 Å². The van der Waals surface area contributed by atoms with Crippen molar-refractivity contribution in [2.75, 3.05) is 11.5 Å². The first kappa shape index (κ1) is 14.3. The maximum Gasteiger partial charge on any atom is 0.0127 e. The summed E-state index contributed by atoms with van der Waals surface area (Å²) in [5, 5.41) is 0. The Morgan fingerprint density at radius 2 is 1.79 bits per heavy atom. The Kier molecular flexibility index (Phi) is 10.1. The van der Waals surface area contributed by atoms with Gasteiger partial charge in [0.1, 0.15) is 0 Å². The Hall–Kier alpha value is 0.310. The molecule has 14 heavy (non-hydrogen) atoms. The zero-order chi connectivity index (χ0) is 10.8. The standard InChI is InChI=1S/C12H27NS/c1-4-7-8-11(5-2)9-14-10-12(13)6-3/h11-12H,4-10,13H2,1-3H3. The topological polar surface area (TPSA) is 26.0 Å². The van der Waals surface area contributed by atoms with Crippen LogP contribution in [0.2, 0.25) is 0 Å². The summed E-state index contributed by atoms with van der Waals surface area (Å²) in [7, 11) is 0.